The average Bonchev–Trinajstić information content (AvgIpc) is 3.67. The van der Waals surface area contributed by atoms with Crippen LogP contribution in [0, 0.1) is 5.92 Å². The Bertz CT molecular complexity index is 1800. The number of imidazole rings is 1. The van der Waals surface area contributed by atoms with Crippen molar-refractivity contribution in [3.8, 4) is 0 Å². The minimum Gasteiger partial charge on any atom is -0.341 e. The second kappa shape index (κ2) is 13.3. The lowest BCUT2D eigenvalue weighted by Crippen LogP contribution is -2.25. The molecule has 6 rings (SSSR count). The smallest absolute Gasteiger partial charge is 0.192 e. The average molecular weight is 644 g/mol. The number of rotatable bonds is 11. The molecule has 0 bridgehead atoms. The van der Waals surface area contributed by atoms with Gasteiger partial charge in [-0.3, -0.25) is 4.57 Å². The van der Waals surface area contributed by atoms with Gasteiger partial charge in [0.1, 0.15) is 19.8 Å². The van der Waals surface area contributed by atoms with Crippen LogP contribution in [0.25, 0.3) is 11.2 Å². The van der Waals surface area contributed by atoms with Gasteiger partial charge >= 0.3 is 0 Å². The summed E-state index contributed by atoms with van der Waals surface area (Å²) in [6.07, 6.45) is 3.58. The summed E-state index contributed by atoms with van der Waals surface area (Å²) < 4.78 is 47.1. The van der Waals surface area contributed by atoms with Gasteiger partial charge in [-0.25, -0.2) is 24.1 Å². The molecule has 1 aliphatic rings. The van der Waals surface area contributed by atoms with Gasteiger partial charge in [0.05, 0.1) is 13.4 Å². The zero-order chi connectivity index (χ0) is 31.4. The van der Waals surface area contributed by atoms with Crippen LogP contribution in [0.3, 0.4) is 0 Å². The number of halogens is 1. The van der Waals surface area contributed by atoms with Crippen LogP contribution < -0.4 is 15.9 Å². The maximum atomic E-state index is 15.3. The molecule has 8 nitrogen and oxygen atoms in total. The SMILES string of the molecule is CC[C@H](C)C[P@](C)(=O)CO[C@@H]1C=C(F)[C@H](n2cnc3c(N=P(c4ccccc4)(c4ccccc4)c4ccccc4)ncnc32)O1. The number of hydrogen-bond donors (Lipinski definition) is 0. The van der Waals surface area contributed by atoms with Gasteiger partial charge in [-0.05, 0) is 12.6 Å². The van der Waals surface area contributed by atoms with Crippen molar-refractivity contribution in [2.75, 3.05) is 19.2 Å². The Kier molecular flexibility index (Phi) is 9.25. The molecule has 5 aromatic rings. The van der Waals surface area contributed by atoms with Gasteiger partial charge in [0.25, 0.3) is 0 Å². The molecule has 1 aliphatic heterocycles. The largest absolute Gasteiger partial charge is 0.341 e. The number of hydrogen-bond acceptors (Lipinski definition) is 7. The standard InChI is InChI=1S/C34H36FN5O3P2/c1-4-25(2)21-44(3,41)24-42-30-20-29(35)34(43-30)40-23-38-31-32(36-22-37-33(31)40)39-45(26-14-8-5-9-15-26,27-16-10-6-11-17-27)28-18-12-7-13-19-28/h5-20,22-23,25,30,34H,4,21,24H2,1-3H3/t25-,30-,34+,44-/m0/s1. The number of benzene rings is 3. The molecule has 0 N–H and O–H groups in total. The zero-order valence-corrected chi connectivity index (χ0v) is 27.3. The Morgan fingerprint density at radius 2 is 1.51 bits per heavy atom. The highest BCUT2D eigenvalue weighted by Crippen LogP contribution is 2.50. The van der Waals surface area contributed by atoms with Crippen LogP contribution in [0.4, 0.5) is 10.2 Å². The van der Waals surface area contributed by atoms with Crippen molar-refractivity contribution >= 4 is 47.1 Å². The molecule has 3 aromatic carbocycles. The van der Waals surface area contributed by atoms with E-state index in [4.69, 9.17) is 14.2 Å². The van der Waals surface area contributed by atoms with Crippen molar-refractivity contribution in [2.45, 2.75) is 32.8 Å². The molecule has 0 spiro atoms. The topological polar surface area (TPSA) is 91.5 Å². The normalized spacial score (nSPS) is 18.8. The summed E-state index contributed by atoms with van der Waals surface area (Å²) in [6.45, 7) is 5.86. The maximum absolute atomic E-state index is 15.3. The van der Waals surface area contributed by atoms with Crippen LogP contribution >= 0.6 is 14.2 Å². The lowest BCUT2D eigenvalue weighted by Gasteiger charge is -2.26. The van der Waals surface area contributed by atoms with Gasteiger partial charge in [0.2, 0.25) is 0 Å². The lowest BCUT2D eigenvalue weighted by molar-refractivity contribution is -0.128. The molecule has 0 amide bonds. The van der Waals surface area contributed by atoms with Crippen LogP contribution in [0.5, 0.6) is 0 Å². The van der Waals surface area contributed by atoms with Gasteiger partial charge < -0.3 is 14.0 Å². The summed E-state index contributed by atoms with van der Waals surface area (Å²) in [6, 6.07) is 30.6. The molecule has 232 valence electrons. The molecule has 0 fully saturated rings. The summed E-state index contributed by atoms with van der Waals surface area (Å²) in [4.78, 5) is 13.7. The Balaban J connectivity index is 1.40. The highest BCUT2D eigenvalue weighted by Gasteiger charge is 2.34. The van der Waals surface area contributed by atoms with E-state index in [1.165, 1.54) is 23.3 Å². The molecule has 2 aromatic heterocycles. The highest BCUT2D eigenvalue weighted by molar-refractivity contribution is 7.87. The Labute approximate surface area is 262 Å². The maximum Gasteiger partial charge on any atom is 0.192 e. The molecule has 0 saturated heterocycles. The van der Waals surface area contributed by atoms with Crippen LogP contribution in [-0.2, 0) is 14.0 Å². The van der Waals surface area contributed by atoms with Crippen LogP contribution in [0.1, 0.15) is 26.5 Å². The second-order valence-electron chi connectivity index (χ2n) is 11.5. The van der Waals surface area contributed by atoms with Crippen molar-refractivity contribution in [1.82, 2.24) is 19.5 Å². The monoisotopic (exact) mass is 643 g/mol. The molecule has 0 saturated carbocycles. The molecule has 4 atom stereocenters. The number of aromatic nitrogens is 4. The van der Waals surface area contributed by atoms with E-state index >= 15 is 4.39 Å². The number of fused-ring (bicyclic) bond motifs is 1. The van der Waals surface area contributed by atoms with Crippen molar-refractivity contribution in [3.05, 3.63) is 116 Å². The van der Waals surface area contributed by atoms with Gasteiger partial charge in [-0.15, -0.1) is 0 Å². The first kappa shape index (κ1) is 31.3. The molecule has 0 unspecified atom stereocenters. The van der Waals surface area contributed by atoms with E-state index in [9.17, 15) is 4.57 Å². The molecule has 3 heterocycles. The Morgan fingerprint density at radius 3 is 2.07 bits per heavy atom. The van der Waals surface area contributed by atoms with Crippen molar-refractivity contribution in [3.63, 3.8) is 0 Å². The van der Waals surface area contributed by atoms with E-state index in [2.05, 4.69) is 65.2 Å². The fourth-order valence-corrected chi connectivity index (χ4v) is 11.2. The van der Waals surface area contributed by atoms with E-state index in [-0.39, 0.29) is 6.35 Å². The lowest BCUT2D eigenvalue weighted by atomic mass is 10.2. The van der Waals surface area contributed by atoms with E-state index < -0.39 is 32.5 Å². The number of ether oxygens (including phenoxy) is 2. The fourth-order valence-electron chi connectivity index (χ4n) is 5.58. The van der Waals surface area contributed by atoms with Crippen LogP contribution in [0.2, 0.25) is 0 Å². The van der Waals surface area contributed by atoms with Gasteiger partial charge in [-0.1, -0.05) is 111 Å². The fraction of sp³-hybridized carbons (Fsp3) is 0.265. The summed E-state index contributed by atoms with van der Waals surface area (Å²) >= 11 is 0. The Hall–Kier alpha value is -3.74. The predicted molar refractivity (Wildman–Crippen MR) is 179 cm³/mol. The third-order valence-electron chi connectivity index (χ3n) is 7.93. The third kappa shape index (κ3) is 6.49. The second-order valence-corrected chi connectivity index (χ2v) is 17.7. The van der Waals surface area contributed by atoms with E-state index in [1.54, 1.807) is 6.66 Å². The van der Waals surface area contributed by atoms with Crippen LogP contribution in [-0.4, -0.2) is 45.0 Å². The summed E-state index contributed by atoms with van der Waals surface area (Å²) in [5, 5.41) is 3.18. The van der Waals surface area contributed by atoms with E-state index in [0.29, 0.717) is 29.1 Å². The van der Waals surface area contributed by atoms with Gasteiger partial charge in [0, 0.05) is 28.2 Å². The summed E-state index contributed by atoms with van der Waals surface area (Å²) in [5.74, 6) is 0.178. The first-order valence-corrected chi connectivity index (χ1v) is 19.2. The quantitative estimate of drug-likeness (QED) is 0.140. The van der Waals surface area contributed by atoms with Gasteiger partial charge in [-0.2, -0.15) is 0 Å². The van der Waals surface area contributed by atoms with Crippen molar-refractivity contribution in [2.24, 2.45) is 10.7 Å². The van der Waals surface area contributed by atoms with E-state index in [0.717, 1.165) is 22.3 Å². The molecule has 11 heteroatoms. The number of nitrogens with zero attached hydrogens (tertiary/aromatic N) is 5. The molecule has 0 aliphatic carbocycles. The molecule has 0 radical (unpaired) electrons. The minimum atomic E-state index is -2.63. The summed E-state index contributed by atoms with van der Waals surface area (Å²) in [7, 11) is -5.20. The predicted octanol–water partition coefficient (Wildman–Crippen LogP) is 7.36. The highest BCUT2D eigenvalue weighted by atomic mass is 31.2. The van der Waals surface area contributed by atoms with Crippen molar-refractivity contribution < 1.29 is 18.4 Å². The first-order chi connectivity index (χ1) is 21.8. The van der Waals surface area contributed by atoms with Crippen molar-refractivity contribution in [1.29, 1.82) is 0 Å². The third-order valence-corrected chi connectivity index (χ3v) is 13.6. The molecular weight excluding hydrogens is 607 g/mol. The summed E-state index contributed by atoms with van der Waals surface area (Å²) in [5.41, 5.74) is 0.806. The van der Waals surface area contributed by atoms with Crippen LogP contribution in [0.15, 0.2) is 120 Å². The van der Waals surface area contributed by atoms with E-state index in [1.807, 2.05) is 54.6 Å². The van der Waals surface area contributed by atoms with Gasteiger partial charge in [0.15, 0.2) is 35.3 Å². The molecule has 45 heavy (non-hydrogen) atoms. The zero-order valence-electron chi connectivity index (χ0n) is 25.5. The minimum absolute atomic E-state index is 0.0125. The molecular formula is C34H36FN5O3P2. The Morgan fingerprint density at radius 1 is 0.933 bits per heavy atom. The first-order valence-electron chi connectivity index (χ1n) is 15.0.